The van der Waals surface area contributed by atoms with Crippen molar-refractivity contribution in [1.82, 2.24) is 0 Å². The number of allylic oxidation sites excluding steroid dienone is 6. The van der Waals surface area contributed by atoms with Crippen LogP contribution in [0.25, 0.3) is 0 Å². The van der Waals surface area contributed by atoms with Crippen molar-refractivity contribution in [1.29, 1.82) is 0 Å². The molecule has 0 heterocycles. The molecule has 1 nitrogen and oxygen atoms in total. The van der Waals surface area contributed by atoms with E-state index in [1.165, 1.54) is 0 Å². The predicted octanol–water partition coefficient (Wildman–Crippen LogP) is 3.90. The smallest absolute Gasteiger partial charge is 0.120 e. The van der Waals surface area contributed by atoms with Gasteiger partial charge in [0, 0.05) is 0 Å². The lowest BCUT2D eigenvalue weighted by Gasteiger charge is -2.03. The first kappa shape index (κ1) is 12.2. The minimum absolute atomic E-state index is 0.540. The first-order valence-corrected chi connectivity index (χ1v) is 4.33. The van der Waals surface area contributed by atoms with Gasteiger partial charge in [0.1, 0.15) is 11.5 Å². The molecular weight excluding hydrogens is 172 g/mol. The molecule has 0 saturated carbocycles. The summed E-state index contributed by atoms with van der Waals surface area (Å²) in [4.78, 5) is 0. The van der Waals surface area contributed by atoms with Crippen LogP contribution in [0.3, 0.4) is 0 Å². The maximum absolute atomic E-state index is 5.25. The Balaban J connectivity index is 3.93. The van der Waals surface area contributed by atoms with Gasteiger partial charge in [-0.1, -0.05) is 44.0 Å². The predicted molar refractivity (Wildman–Crippen MR) is 62.7 cm³/mol. The van der Waals surface area contributed by atoms with E-state index < -0.39 is 0 Å². The van der Waals surface area contributed by atoms with Gasteiger partial charge in [0.2, 0.25) is 0 Å². The Morgan fingerprint density at radius 2 is 1.71 bits per heavy atom. The van der Waals surface area contributed by atoms with Gasteiger partial charge in [0.25, 0.3) is 0 Å². The van der Waals surface area contributed by atoms with Gasteiger partial charge in [0.05, 0.1) is 0 Å². The fourth-order valence-corrected chi connectivity index (χ4v) is 0.708. The zero-order valence-electron chi connectivity index (χ0n) is 8.41. The fourth-order valence-electron chi connectivity index (χ4n) is 0.708. The third-order valence-corrected chi connectivity index (χ3v) is 1.29. The van der Waals surface area contributed by atoms with Gasteiger partial charge in [-0.25, -0.2) is 0 Å². The van der Waals surface area contributed by atoms with E-state index in [1.807, 2.05) is 6.08 Å². The van der Waals surface area contributed by atoms with Crippen molar-refractivity contribution in [3.63, 3.8) is 0 Å². The highest BCUT2D eigenvalue weighted by Gasteiger charge is 1.89. The van der Waals surface area contributed by atoms with E-state index in [1.54, 1.807) is 30.4 Å². The summed E-state index contributed by atoms with van der Waals surface area (Å²) in [6, 6.07) is 0. The van der Waals surface area contributed by atoms with E-state index in [0.717, 1.165) is 6.42 Å². The Labute approximate surface area is 86.1 Å². The number of ether oxygens (including phenoxy) is 1. The van der Waals surface area contributed by atoms with E-state index in [-0.39, 0.29) is 0 Å². The molecule has 0 aromatic rings. The third-order valence-electron chi connectivity index (χ3n) is 1.29. The second-order valence-electron chi connectivity index (χ2n) is 2.56. The van der Waals surface area contributed by atoms with Crippen LogP contribution in [-0.2, 0) is 4.74 Å². The molecule has 0 bridgehead atoms. The first-order chi connectivity index (χ1) is 6.70. The lowest BCUT2D eigenvalue weighted by Crippen LogP contribution is -1.84. The normalized spacial score (nSPS) is 10.3. The van der Waals surface area contributed by atoms with Crippen LogP contribution in [0.15, 0.2) is 74.3 Å². The number of rotatable bonds is 7. The van der Waals surface area contributed by atoms with Gasteiger partial charge < -0.3 is 4.74 Å². The molecular formula is C13H16O. The molecule has 0 unspecified atom stereocenters. The Kier molecular flexibility index (Phi) is 6.88. The van der Waals surface area contributed by atoms with E-state index in [4.69, 9.17) is 4.74 Å². The molecule has 74 valence electrons. The highest BCUT2D eigenvalue weighted by molar-refractivity contribution is 5.18. The standard InChI is InChI=1S/C13H16O/c1-5-7-9-11-13(4)14-12(3)10-8-6-2/h5-6,8-11H,1-4,7H2/b10-8-,11-9-. The van der Waals surface area contributed by atoms with Crippen molar-refractivity contribution >= 4 is 0 Å². The zero-order valence-corrected chi connectivity index (χ0v) is 8.41. The molecule has 0 radical (unpaired) electrons. The summed E-state index contributed by atoms with van der Waals surface area (Å²) in [6.45, 7) is 14.5. The summed E-state index contributed by atoms with van der Waals surface area (Å²) in [7, 11) is 0. The SMILES string of the molecule is C=C/C=C\C(=C)OC(=C)/C=C\CC=C. The summed E-state index contributed by atoms with van der Waals surface area (Å²) >= 11 is 0. The van der Waals surface area contributed by atoms with Gasteiger partial charge in [-0.2, -0.15) is 0 Å². The van der Waals surface area contributed by atoms with Crippen molar-refractivity contribution in [3.8, 4) is 0 Å². The van der Waals surface area contributed by atoms with Crippen LogP contribution in [-0.4, -0.2) is 0 Å². The minimum Gasteiger partial charge on any atom is -0.459 e. The van der Waals surface area contributed by atoms with Gasteiger partial charge in [-0.05, 0) is 18.6 Å². The molecule has 0 aromatic carbocycles. The van der Waals surface area contributed by atoms with Crippen molar-refractivity contribution < 1.29 is 4.74 Å². The lowest BCUT2D eigenvalue weighted by molar-refractivity contribution is 0.340. The van der Waals surface area contributed by atoms with Crippen LogP contribution in [0.5, 0.6) is 0 Å². The van der Waals surface area contributed by atoms with Gasteiger partial charge in [-0.3, -0.25) is 0 Å². The van der Waals surface area contributed by atoms with E-state index in [0.29, 0.717) is 11.5 Å². The molecule has 14 heavy (non-hydrogen) atoms. The number of hydrogen-bond donors (Lipinski definition) is 0. The third kappa shape index (κ3) is 6.92. The fraction of sp³-hybridized carbons (Fsp3) is 0.0769. The number of hydrogen-bond acceptors (Lipinski definition) is 1. The highest BCUT2D eigenvalue weighted by Crippen LogP contribution is 2.05. The molecule has 0 aliphatic heterocycles. The van der Waals surface area contributed by atoms with E-state index >= 15 is 0 Å². The second-order valence-corrected chi connectivity index (χ2v) is 2.56. The first-order valence-electron chi connectivity index (χ1n) is 4.33. The zero-order chi connectivity index (χ0) is 10.8. The van der Waals surface area contributed by atoms with Crippen molar-refractivity contribution in [2.75, 3.05) is 0 Å². The maximum atomic E-state index is 5.25. The maximum Gasteiger partial charge on any atom is 0.120 e. The van der Waals surface area contributed by atoms with Crippen LogP contribution < -0.4 is 0 Å². The monoisotopic (exact) mass is 188 g/mol. The van der Waals surface area contributed by atoms with Crippen LogP contribution in [0.1, 0.15) is 6.42 Å². The molecule has 0 fully saturated rings. The van der Waals surface area contributed by atoms with Crippen LogP contribution in [0.4, 0.5) is 0 Å². The quantitative estimate of drug-likeness (QED) is 0.334. The minimum atomic E-state index is 0.540. The Hall–Kier alpha value is -1.76. The molecule has 0 saturated heterocycles. The average molecular weight is 188 g/mol. The molecule has 0 aromatic heterocycles. The molecule has 0 spiro atoms. The Bertz CT molecular complexity index is 280. The van der Waals surface area contributed by atoms with Crippen molar-refractivity contribution in [3.05, 3.63) is 74.3 Å². The highest BCUT2D eigenvalue weighted by atomic mass is 16.5. The average Bonchev–Trinajstić information content (AvgIpc) is 2.15. The molecule has 0 rings (SSSR count). The van der Waals surface area contributed by atoms with E-state index in [9.17, 15) is 0 Å². The summed E-state index contributed by atoms with van der Waals surface area (Å²) < 4.78 is 5.25. The van der Waals surface area contributed by atoms with Gasteiger partial charge in [-0.15, -0.1) is 6.58 Å². The molecule has 1 heteroatoms. The molecule has 0 aliphatic rings. The Morgan fingerprint density at radius 3 is 2.29 bits per heavy atom. The summed E-state index contributed by atoms with van der Waals surface area (Å²) in [5.74, 6) is 1.10. The molecule has 0 atom stereocenters. The lowest BCUT2D eigenvalue weighted by atomic mass is 10.3. The largest absolute Gasteiger partial charge is 0.459 e. The topological polar surface area (TPSA) is 9.23 Å². The van der Waals surface area contributed by atoms with Crippen LogP contribution in [0, 0.1) is 0 Å². The summed E-state index contributed by atoms with van der Waals surface area (Å²) in [5.41, 5.74) is 0. The van der Waals surface area contributed by atoms with E-state index in [2.05, 4.69) is 26.3 Å². The second kappa shape index (κ2) is 7.87. The van der Waals surface area contributed by atoms with Gasteiger partial charge >= 0.3 is 0 Å². The van der Waals surface area contributed by atoms with Crippen LogP contribution >= 0.6 is 0 Å². The van der Waals surface area contributed by atoms with Crippen molar-refractivity contribution in [2.24, 2.45) is 0 Å². The molecule has 0 aliphatic carbocycles. The molecule has 0 amide bonds. The van der Waals surface area contributed by atoms with Crippen molar-refractivity contribution in [2.45, 2.75) is 6.42 Å². The molecule has 0 N–H and O–H groups in total. The van der Waals surface area contributed by atoms with Gasteiger partial charge in [0.15, 0.2) is 0 Å². The van der Waals surface area contributed by atoms with Crippen LogP contribution in [0.2, 0.25) is 0 Å². The summed E-state index contributed by atoms with van der Waals surface area (Å²) in [5, 5.41) is 0. The Morgan fingerprint density at radius 1 is 1.07 bits per heavy atom. The summed E-state index contributed by atoms with van der Waals surface area (Å²) in [6.07, 6.45) is 11.4.